The summed E-state index contributed by atoms with van der Waals surface area (Å²) in [4.78, 5) is 13.5. The van der Waals surface area contributed by atoms with Crippen LogP contribution in [0.15, 0.2) is 71.6 Å². The molecule has 8 heteroatoms. The average molecular weight is 435 g/mol. The summed E-state index contributed by atoms with van der Waals surface area (Å²) >= 11 is 1.57. The van der Waals surface area contributed by atoms with Gasteiger partial charge in [0.05, 0.1) is 18.3 Å². The molecule has 4 rings (SSSR count). The van der Waals surface area contributed by atoms with Gasteiger partial charge in [0, 0.05) is 10.3 Å². The molecule has 7 nitrogen and oxygen atoms in total. The molecular weight excluding hydrogens is 412 g/mol. The van der Waals surface area contributed by atoms with E-state index in [-0.39, 0.29) is 6.03 Å². The lowest BCUT2D eigenvalue weighted by Gasteiger charge is -2.10. The maximum atomic E-state index is 12.5. The van der Waals surface area contributed by atoms with Crippen molar-refractivity contribution in [3.8, 4) is 11.5 Å². The molecule has 0 aliphatic heterocycles. The second-order valence-electron chi connectivity index (χ2n) is 6.70. The van der Waals surface area contributed by atoms with Gasteiger partial charge in [-0.3, -0.25) is 10.4 Å². The first-order valence-electron chi connectivity index (χ1n) is 9.61. The number of H-pyrrole nitrogens is 1. The molecule has 158 valence electrons. The van der Waals surface area contributed by atoms with Gasteiger partial charge >= 0.3 is 6.03 Å². The fourth-order valence-corrected chi connectivity index (χ4v) is 3.67. The summed E-state index contributed by atoms with van der Waals surface area (Å²) in [6.45, 7) is 0.398. The number of ether oxygens (including phenoxy) is 2. The molecule has 1 aromatic heterocycles. The van der Waals surface area contributed by atoms with Crippen LogP contribution in [0.4, 0.5) is 16.3 Å². The van der Waals surface area contributed by atoms with Crippen LogP contribution in [0.2, 0.25) is 0 Å². The fraction of sp³-hybridized carbons (Fsp3) is 0.130. The van der Waals surface area contributed by atoms with Crippen molar-refractivity contribution in [2.75, 3.05) is 24.0 Å². The topological polar surface area (TPSA) is 88.3 Å². The zero-order chi connectivity index (χ0) is 21.6. The fourth-order valence-electron chi connectivity index (χ4n) is 3.12. The quantitative estimate of drug-likeness (QED) is 0.334. The van der Waals surface area contributed by atoms with Crippen LogP contribution in [0, 0.1) is 0 Å². The molecular formula is C23H22N4O3S. The maximum absolute atomic E-state index is 12.5. The van der Waals surface area contributed by atoms with Gasteiger partial charge < -0.3 is 14.8 Å². The number of nitrogens with one attached hydrogen (secondary N) is 3. The smallest absolute Gasteiger partial charge is 0.324 e. The van der Waals surface area contributed by atoms with Crippen molar-refractivity contribution < 1.29 is 14.3 Å². The van der Waals surface area contributed by atoms with E-state index in [9.17, 15) is 4.79 Å². The van der Waals surface area contributed by atoms with E-state index in [1.165, 1.54) is 0 Å². The number of anilines is 2. The number of aromatic amines is 1. The number of hydrogen-bond donors (Lipinski definition) is 3. The highest BCUT2D eigenvalue weighted by Gasteiger charge is 2.12. The summed E-state index contributed by atoms with van der Waals surface area (Å²) in [5, 5.41) is 13.6. The van der Waals surface area contributed by atoms with Crippen molar-refractivity contribution in [2.45, 2.75) is 11.5 Å². The number of amides is 2. The standard InChI is InChI=1S/C23H22N4O3S/c1-29-16-7-5-6-15(12-16)14-30-17-10-11-19-18(13-17)22(27-26-19)25-23(28)24-20-8-3-4-9-21(20)31-2/h3-13H,14H2,1-2H3,(H3,24,25,26,27,28). The minimum absolute atomic E-state index is 0.363. The average Bonchev–Trinajstić information content (AvgIpc) is 3.20. The number of rotatable bonds is 7. The number of para-hydroxylation sites is 1. The molecule has 0 radical (unpaired) electrons. The molecule has 0 aliphatic carbocycles. The van der Waals surface area contributed by atoms with Crippen molar-refractivity contribution in [1.29, 1.82) is 0 Å². The number of urea groups is 1. The number of thioether (sulfide) groups is 1. The number of benzene rings is 3. The number of hydrogen-bond acceptors (Lipinski definition) is 5. The largest absolute Gasteiger partial charge is 0.497 e. The van der Waals surface area contributed by atoms with E-state index in [2.05, 4.69) is 20.8 Å². The third-order valence-corrected chi connectivity index (χ3v) is 5.46. The summed E-state index contributed by atoms with van der Waals surface area (Å²) in [6, 6.07) is 20.6. The van der Waals surface area contributed by atoms with E-state index in [0.717, 1.165) is 32.8 Å². The SMILES string of the molecule is COc1cccc(COc2ccc3[nH]nc(NC(=O)Nc4ccccc4SC)c3c2)c1. The van der Waals surface area contributed by atoms with Crippen LogP contribution in [0.3, 0.4) is 0 Å². The molecule has 3 N–H and O–H groups in total. The number of methoxy groups -OCH3 is 1. The summed E-state index contributed by atoms with van der Waals surface area (Å²) in [7, 11) is 1.64. The van der Waals surface area contributed by atoms with Gasteiger partial charge in [-0.2, -0.15) is 5.10 Å². The Morgan fingerprint density at radius 3 is 2.74 bits per heavy atom. The highest BCUT2D eigenvalue weighted by molar-refractivity contribution is 7.98. The van der Waals surface area contributed by atoms with Crippen molar-refractivity contribution in [3.63, 3.8) is 0 Å². The van der Waals surface area contributed by atoms with Crippen LogP contribution >= 0.6 is 11.8 Å². The van der Waals surface area contributed by atoms with E-state index in [0.29, 0.717) is 18.2 Å². The maximum Gasteiger partial charge on any atom is 0.324 e. The third-order valence-electron chi connectivity index (χ3n) is 4.66. The molecule has 0 spiro atoms. The van der Waals surface area contributed by atoms with Crippen LogP contribution < -0.4 is 20.1 Å². The minimum Gasteiger partial charge on any atom is -0.497 e. The molecule has 0 atom stereocenters. The first kappa shape index (κ1) is 20.6. The molecule has 1 heterocycles. The normalized spacial score (nSPS) is 10.6. The van der Waals surface area contributed by atoms with E-state index in [4.69, 9.17) is 9.47 Å². The lowest BCUT2D eigenvalue weighted by molar-refractivity contribution is 0.262. The first-order chi connectivity index (χ1) is 15.2. The monoisotopic (exact) mass is 434 g/mol. The highest BCUT2D eigenvalue weighted by atomic mass is 32.2. The van der Waals surface area contributed by atoms with Crippen molar-refractivity contribution in [2.24, 2.45) is 0 Å². The summed E-state index contributed by atoms with van der Waals surface area (Å²) in [5.74, 6) is 1.89. The molecule has 31 heavy (non-hydrogen) atoms. The Morgan fingerprint density at radius 1 is 1.03 bits per heavy atom. The minimum atomic E-state index is -0.363. The number of carbonyl (C=O) groups excluding carboxylic acids is 1. The number of fused-ring (bicyclic) bond motifs is 1. The van der Waals surface area contributed by atoms with Gasteiger partial charge in [-0.25, -0.2) is 4.79 Å². The zero-order valence-corrected chi connectivity index (χ0v) is 18.0. The Bertz CT molecular complexity index is 1210. The molecule has 0 saturated heterocycles. The lowest BCUT2D eigenvalue weighted by Crippen LogP contribution is -2.20. The van der Waals surface area contributed by atoms with Crippen LogP contribution in [0.1, 0.15) is 5.56 Å². The van der Waals surface area contributed by atoms with Crippen LogP contribution in [0.25, 0.3) is 10.9 Å². The number of carbonyl (C=O) groups is 1. The van der Waals surface area contributed by atoms with Crippen molar-refractivity contribution in [3.05, 3.63) is 72.3 Å². The highest BCUT2D eigenvalue weighted by Crippen LogP contribution is 2.27. The van der Waals surface area contributed by atoms with Crippen molar-refractivity contribution >= 4 is 40.2 Å². The van der Waals surface area contributed by atoms with Gasteiger partial charge in [0.2, 0.25) is 0 Å². The van der Waals surface area contributed by atoms with E-state index in [1.54, 1.807) is 18.9 Å². The first-order valence-corrected chi connectivity index (χ1v) is 10.8. The Labute approximate surface area is 184 Å². The van der Waals surface area contributed by atoms with Gasteiger partial charge in [0.1, 0.15) is 18.1 Å². The second kappa shape index (κ2) is 9.44. The van der Waals surface area contributed by atoms with Crippen LogP contribution in [0.5, 0.6) is 11.5 Å². The number of nitrogens with zero attached hydrogens (tertiary/aromatic N) is 1. The predicted octanol–water partition coefficient (Wildman–Crippen LogP) is 5.52. The summed E-state index contributed by atoms with van der Waals surface area (Å²) < 4.78 is 11.2. The molecule has 3 aromatic carbocycles. The Kier molecular flexibility index (Phi) is 6.28. The molecule has 0 unspecified atom stereocenters. The molecule has 0 aliphatic rings. The van der Waals surface area contributed by atoms with Gasteiger partial charge in [-0.05, 0) is 54.3 Å². The van der Waals surface area contributed by atoms with Crippen LogP contribution in [-0.2, 0) is 6.61 Å². The molecule has 0 fully saturated rings. The lowest BCUT2D eigenvalue weighted by atomic mass is 10.2. The Balaban J connectivity index is 1.47. The molecule has 0 bridgehead atoms. The summed E-state index contributed by atoms with van der Waals surface area (Å²) in [6.07, 6.45) is 1.96. The van der Waals surface area contributed by atoms with Gasteiger partial charge in [-0.15, -0.1) is 11.8 Å². The Morgan fingerprint density at radius 2 is 1.90 bits per heavy atom. The predicted molar refractivity (Wildman–Crippen MR) is 124 cm³/mol. The Hall–Kier alpha value is -3.65. The van der Waals surface area contributed by atoms with E-state index >= 15 is 0 Å². The van der Waals surface area contributed by atoms with Crippen LogP contribution in [-0.4, -0.2) is 29.6 Å². The van der Waals surface area contributed by atoms with Gasteiger partial charge in [0.25, 0.3) is 0 Å². The summed E-state index contributed by atoms with van der Waals surface area (Å²) in [5.41, 5.74) is 2.54. The van der Waals surface area contributed by atoms with E-state index in [1.807, 2.05) is 73.0 Å². The molecule has 4 aromatic rings. The molecule has 0 saturated carbocycles. The third kappa shape index (κ3) is 4.92. The van der Waals surface area contributed by atoms with E-state index < -0.39 is 0 Å². The van der Waals surface area contributed by atoms with Gasteiger partial charge in [0.15, 0.2) is 5.82 Å². The zero-order valence-electron chi connectivity index (χ0n) is 17.1. The van der Waals surface area contributed by atoms with Crippen molar-refractivity contribution in [1.82, 2.24) is 10.2 Å². The second-order valence-corrected chi connectivity index (χ2v) is 7.55. The number of aromatic nitrogens is 2. The molecule has 2 amide bonds. The van der Waals surface area contributed by atoms with Gasteiger partial charge in [-0.1, -0.05) is 24.3 Å².